The molecule has 4 aromatic rings. The van der Waals surface area contributed by atoms with E-state index in [2.05, 4.69) is 10.3 Å². The first-order valence-electron chi connectivity index (χ1n) is 10.0. The summed E-state index contributed by atoms with van der Waals surface area (Å²) in [5, 5.41) is 2.81. The molecule has 1 N–H and O–H groups in total. The first-order valence-corrected chi connectivity index (χ1v) is 11.5. The lowest BCUT2D eigenvalue weighted by atomic mass is 10.1. The minimum atomic E-state index is -3.78. The number of nitrogens with one attached hydrogen (secondary N) is 1. The maximum atomic E-state index is 13.3. The Bertz CT molecular complexity index is 1400. The molecule has 32 heavy (non-hydrogen) atoms. The average molecular weight is 446 g/mol. The van der Waals surface area contributed by atoms with Crippen LogP contribution in [-0.4, -0.2) is 25.9 Å². The summed E-state index contributed by atoms with van der Waals surface area (Å²) in [5.74, 6) is 0.179. The quantitative estimate of drug-likeness (QED) is 0.493. The van der Waals surface area contributed by atoms with Gasteiger partial charge in [-0.05, 0) is 48.4 Å². The van der Waals surface area contributed by atoms with E-state index in [1.807, 2.05) is 24.3 Å². The van der Waals surface area contributed by atoms with Gasteiger partial charge >= 0.3 is 0 Å². The zero-order valence-corrected chi connectivity index (χ0v) is 17.7. The second-order valence-electron chi connectivity index (χ2n) is 7.38. The van der Waals surface area contributed by atoms with Gasteiger partial charge < -0.3 is 9.73 Å². The van der Waals surface area contributed by atoms with Gasteiger partial charge in [0.1, 0.15) is 0 Å². The van der Waals surface area contributed by atoms with Crippen molar-refractivity contribution in [1.29, 1.82) is 0 Å². The summed E-state index contributed by atoms with van der Waals surface area (Å²) in [5.41, 5.74) is 3.27. The maximum absolute atomic E-state index is 13.3. The van der Waals surface area contributed by atoms with Gasteiger partial charge in [-0.15, -0.1) is 0 Å². The highest BCUT2D eigenvalue weighted by atomic mass is 32.2. The zero-order valence-electron chi connectivity index (χ0n) is 16.9. The molecule has 0 saturated carbocycles. The Morgan fingerprint density at radius 3 is 2.69 bits per heavy atom. The van der Waals surface area contributed by atoms with Gasteiger partial charge in [-0.3, -0.25) is 9.10 Å². The van der Waals surface area contributed by atoms with Crippen molar-refractivity contribution < 1.29 is 17.6 Å². The largest absolute Gasteiger partial charge is 0.444 e. The van der Waals surface area contributed by atoms with E-state index in [0.717, 1.165) is 11.1 Å². The number of hydrogen-bond donors (Lipinski definition) is 1. The molecule has 0 spiro atoms. The number of rotatable bonds is 5. The number of benzene rings is 3. The Kier molecular flexibility index (Phi) is 4.99. The van der Waals surface area contributed by atoms with Crippen molar-refractivity contribution in [2.24, 2.45) is 0 Å². The molecular formula is C24H19N3O4S. The van der Waals surface area contributed by atoms with Crippen molar-refractivity contribution in [3.8, 4) is 11.3 Å². The summed E-state index contributed by atoms with van der Waals surface area (Å²) >= 11 is 0. The number of para-hydroxylation sites is 1. The lowest BCUT2D eigenvalue weighted by Gasteiger charge is -2.20. The fourth-order valence-corrected chi connectivity index (χ4v) is 5.34. The van der Waals surface area contributed by atoms with Crippen molar-refractivity contribution in [2.45, 2.75) is 11.3 Å². The molecule has 0 saturated heterocycles. The SMILES string of the molecule is O=C(Nc1cccc(-c2cnco2)c1)c1cccc(S(=O)(=O)N2CCc3ccccc32)c1. The third-order valence-corrected chi connectivity index (χ3v) is 7.18. The topological polar surface area (TPSA) is 92.5 Å². The van der Waals surface area contributed by atoms with Gasteiger partial charge in [0.05, 0.1) is 16.8 Å². The van der Waals surface area contributed by atoms with Crippen LogP contribution in [0.5, 0.6) is 0 Å². The van der Waals surface area contributed by atoms with Crippen LogP contribution in [0.2, 0.25) is 0 Å². The molecule has 1 aliphatic heterocycles. The summed E-state index contributed by atoms with van der Waals surface area (Å²) in [4.78, 5) is 16.8. The van der Waals surface area contributed by atoms with Crippen LogP contribution < -0.4 is 9.62 Å². The lowest BCUT2D eigenvalue weighted by molar-refractivity contribution is 0.102. The maximum Gasteiger partial charge on any atom is 0.264 e. The standard InChI is InChI=1S/C24H19N3O4S/c28-24(26-20-8-3-6-18(13-20)23-15-25-16-31-23)19-7-4-9-21(14-19)32(29,30)27-12-11-17-5-1-2-10-22(17)27/h1-10,13-16H,11-12H2,(H,26,28). The molecule has 5 rings (SSSR count). The first-order chi connectivity index (χ1) is 15.5. The molecule has 0 bridgehead atoms. The number of nitrogens with zero attached hydrogens (tertiary/aromatic N) is 2. The van der Waals surface area contributed by atoms with E-state index in [9.17, 15) is 13.2 Å². The van der Waals surface area contributed by atoms with Crippen LogP contribution in [0.3, 0.4) is 0 Å². The van der Waals surface area contributed by atoms with Crippen molar-refractivity contribution in [1.82, 2.24) is 4.98 Å². The summed E-state index contributed by atoms with van der Waals surface area (Å²) in [6.07, 6.45) is 3.59. The minimum absolute atomic E-state index is 0.0808. The van der Waals surface area contributed by atoms with E-state index in [-0.39, 0.29) is 10.5 Å². The Hall–Kier alpha value is -3.91. The third kappa shape index (κ3) is 3.65. The van der Waals surface area contributed by atoms with Gasteiger partial charge in [-0.25, -0.2) is 13.4 Å². The van der Waals surface area contributed by atoms with Crippen LogP contribution in [-0.2, 0) is 16.4 Å². The molecule has 1 aromatic heterocycles. The van der Waals surface area contributed by atoms with Gasteiger partial charge in [-0.2, -0.15) is 0 Å². The fraction of sp³-hybridized carbons (Fsp3) is 0.0833. The van der Waals surface area contributed by atoms with E-state index in [0.29, 0.717) is 30.1 Å². The molecule has 0 atom stereocenters. The molecule has 1 aliphatic rings. The molecule has 7 nitrogen and oxygen atoms in total. The molecule has 8 heteroatoms. The number of aromatic nitrogens is 1. The lowest BCUT2D eigenvalue weighted by Crippen LogP contribution is -2.29. The van der Waals surface area contributed by atoms with Gasteiger partial charge in [-0.1, -0.05) is 36.4 Å². The highest BCUT2D eigenvalue weighted by Gasteiger charge is 2.30. The number of anilines is 2. The average Bonchev–Trinajstić information content (AvgIpc) is 3.50. The Morgan fingerprint density at radius 1 is 1.00 bits per heavy atom. The van der Waals surface area contributed by atoms with Crippen molar-refractivity contribution >= 4 is 27.3 Å². The van der Waals surface area contributed by atoms with E-state index < -0.39 is 15.9 Å². The molecular weight excluding hydrogens is 426 g/mol. The molecule has 3 aromatic carbocycles. The summed E-state index contributed by atoms with van der Waals surface area (Å²) in [6, 6.07) is 20.7. The smallest absolute Gasteiger partial charge is 0.264 e. The number of oxazole rings is 1. The number of sulfonamides is 1. The Labute approximate surface area is 185 Å². The molecule has 0 aliphatic carbocycles. The van der Waals surface area contributed by atoms with E-state index in [1.54, 1.807) is 42.6 Å². The highest BCUT2D eigenvalue weighted by molar-refractivity contribution is 7.92. The monoisotopic (exact) mass is 445 g/mol. The van der Waals surface area contributed by atoms with Crippen LogP contribution >= 0.6 is 0 Å². The van der Waals surface area contributed by atoms with E-state index >= 15 is 0 Å². The molecule has 0 fully saturated rings. The van der Waals surface area contributed by atoms with Gasteiger partial charge in [0, 0.05) is 23.4 Å². The number of fused-ring (bicyclic) bond motifs is 1. The van der Waals surface area contributed by atoms with Gasteiger partial charge in [0.25, 0.3) is 15.9 Å². The van der Waals surface area contributed by atoms with Crippen LogP contribution in [0.1, 0.15) is 15.9 Å². The summed E-state index contributed by atoms with van der Waals surface area (Å²) in [7, 11) is -3.78. The minimum Gasteiger partial charge on any atom is -0.444 e. The number of carbonyl (C=O) groups excluding carboxylic acids is 1. The van der Waals surface area contributed by atoms with E-state index in [4.69, 9.17) is 4.42 Å². The molecule has 0 radical (unpaired) electrons. The first kappa shape index (κ1) is 20.0. The summed E-state index contributed by atoms with van der Waals surface area (Å²) in [6.45, 7) is 0.381. The molecule has 0 unspecified atom stereocenters. The van der Waals surface area contributed by atoms with E-state index in [1.165, 1.54) is 22.8 Å². The van der Waals surface area contributed by atoms with Crippen LogP contribution in [0.15, 0.2) is 94.7 Å². The van der Waals surface area contributed by atoms with Crippen molar-refractivity contribution in [3.63, 3.8) is 0 Å². The van der Waals surface area contributed by atoms with Crippen LogP contribution in [0.25, 0.3) is 11.3 Å². The van der Waals surface area contributed by atoms with Crippen LogP contribution in [0.4, 0.5) is 11.4 Å². The number of amides is 1. The van der Waals surface area contributed by atoms with Gasteiger partial charge in [0.15, 0.2) is 12.2 Å². The zero-order chi connectivity index (χ0) is 22.1. The van der Waals surface area contributed by atoms with Crippen LogP contribution in [0, 0.1) is 0 Å². The molecule has 1 amide bonds. The van der Waals surface area contributed by atoms with Crippen molar-refractivity contribution in [2.75, 3.05) is 16.2 Å². The highest BCUT2D eigenvalue weighted by Crippen LogP contribution is 2.33. The predicted molar refractivity (Wildman–Crippen MR) is 121 cm³/mol. The van der Waals surface area contributed by atoms with Crippen molar-refractivity contribution in [3.05, 3.63) is 96.5 Å². The fourth-order valence-electron chi connectivity index (χ4n) is 3.79. The predicted octanol–water partition coefficient (Wildman–Crippen LogP) is 4.35. The Morgan fingerprint density at radius 2 is 1.84 bits per heavy atom. The molecule has 2 heterocycles. The number of carbonyl (C=O) groups is 1. The second-order valence-corrected chi connectivity index (χ2v) is 9.25. The Balaban J connectivity index is 1.40. The van der Waals surface area contributed by atoms with Gasteiger partial charge in [0.2, 0.25) is 0 Å². The third-order valence-electron chi connectivity index (χ3n) is 5.37. The summed E-state index contributed by atoms with van der Waals surface area (Å²) < 4.78 is 33.3. The second kappa shape index (κ2) is 7.97. The normalized spacial score (nSPS) is 13.1. The molecule has 160 valence electrons. The number of hydrogen-bond acceptors (Lipinski definition) is 5.